The number of unbranched alkanes of at least 4 members (excludes halogenated alkanes) is 65. The van der Waals surface area contributed by atoms with Crippen LogP contribution in [-0.4, -0.2) is 47.4 Å². The lowest BCUT2D eigenvalue weighted by Gasteiger charge is -2.20. The van der Waals surface area contributed by atoms with Crippen molar-refractivity contribution in [1.29, 1.82) is 0 Å². The first kappa shape index (κ1) is 87.3. The minimum absolute atomic E-state index is 0.0218. The molecule has 2 atom stereocenters. The summed E-state index contributed by atoms with van der Waals surface area (Å²) in [5, 5.41) is 23.3. The summed E-state index contributed by atoms with van der Waals surface area (Å²) in [6, 6.07) is -0.627. The molecule has 0 heterocycles. The normalized spacial score (nSPS) is 12.5. The molecule has 2 unspecified atom stereocenters. The maximum atomic E-state index is 12.6. The second-order valence-corrected chi connectivity index (χ2v) is 28.5. The highest BCUT2D eigenvalue weighted by Crippen LogP contribution is 2.20. The molecule has 89 heavy (non-hydrogen) atoms. The summed E-state index contributed by atoms with van der Waals surface area (Å²) in [7, 11) is 0. The molecular weight excluding hydrogens is 1090 g/mol. The standard InChI is InChI=1S/C83H161NO5/c1-3-5-7-9-11-13-15-17-19-20-21-22-23-33-36-39-42-45-48-51-55-59-63-67-71-75-81(86)80(79-85)84-82(87)76-72-68-64-60-56-52-49-46-43-40-37-34-31-29-27-25-24-26-28-30-32-35-38-41-44-47-50-54-58-62-66-70-74-78-89-83(88)77-73-69-65-61-57-53-18-16-14-12-10-8-6-4-2/h28,30,71,75,80-81,85-86H,3-27,29,31-70,72-74,76-79H2,1-2H3,(H,84,87)/b30-28-,75-71+. The summed E-state index contributed by atoms with van der Waals surface area (Å²) in [6.45, 7) is 4.96. The molecule has 3 N–H and O–H groups in total. The zero-order valence-electron chi connectivity index (χ0n) is 60.7. The number of amides is 1. The van der Waals surface area contributed by atoms with E-state index >= 15 is 0 Å². The average molecular weight is 1250 g/mol. The topological polar surface area (TPSA) is 95.9 Å². The van der Waals surface area contributed by atoms with Crippen LogP contribution >= 0.6 is 0 Å². The Morgan fingerprint density at radius 1 is 0.303 bits per heavy atom. The molecule has 6 nitrogen and oxygen atoms in total. The van der Waals surface area contributed by atoms with Crippen LogP contribution in [0, 0.1) is 0 Å². The Hall–Kier alpha value is -1.66. The van der Waals surface area contributed by atoms with Gasteiger partial charge >= 0.3 is 5.97 Å². The number of aliphatic hydroxyl groups is 2. The summed E-state index contributed by atoms with van der Waals surface area (Å²) < 4.78 is 5.50. The molecule has 0 spiro atoms. The van der Waals surface area contributed by atoms with Gasteiger partial charge in [0.25, 0.3) is 0 Å². The zero-order valence-corrected chi connectivity index (χ0v) is 60.7. The first-order chi connectivity index (χ1) is 44.0. The lowest BCUT2D eigenvalue weighted by atomic mass is 10.0. The molecule has 0 radical (unpaired) electrons. The smallest absolute Gasteiger partial charge is 0.305 e. The fourth-order valence-corrected chi connectivity index (χ4v) is 13.2. The van der Waals surface area contributed by atoms with Gasteiger partial charge in [-0.05, 0) is 57.8 Å². The Morgan fingerprint density at radius 3 is 0.798 bits per heavy atom. The van der Waals surface area contributed by atoms with Gasteiger partial charge in [0, 0.05) is 12.8 Å². The molecule has 1 amide bonds. The van der Waals surface area contributed by atoms with Crippen LogP contribution in [0.25, 0.3) is 0 Å². The van der Waals surface area contributed by atoms with E-state index < -0.39 is 12.1 Å². The van der Waals surface area contributed by atoms with Crippen molar-refractivity contribution in [3.63, 3.8) is 0 Å². The van der Waals surface area contributed by atoms with Gasteiger partial charge in [-0.15, -0.1) is 0 Å². The van der Waals surface area contributed by atoms with Crippen LogP contribution in [0.15, 0.2) is 24.3 Å². The third-order valence-corrected chi connectivity index (χ3v) is 19.5. The van der Waals surface area contributed by atoms with E-state index in [0.717, 1.165) is 38.5 Å². The van der Waals surface area contributed by atoms with Crippen molar-refractivity contribution < 1.29 is 24.5 Å². The monoisotopic (exact) mass is 1250 g/mol. The number of ether oxygens (including phenoxy) is 1. The molecule has 0 saturated carbocycles. The third-order valence-electron chi connectivity index (χ3n) is 19.5. The largest absolute Gasteiger partial charge is 0.466 e. The average Bonchev–Trinajstić information content (AvgIpc) is 3.58. The molecule has 0 rings (SSSR count). The van der Waals surface area contributed by atoms with E-state index in [1.54, 1.807) is 6.08 Å². The number of carbonyl (C=O) groups excluding carboxylic acids is 2. The Morgan fingerprint density at radius 2 is 0.528 bits per heavy atom. The maximum absolute atomic E-state index is 12.6. The Labute approximate surface area is 558 Å². The van der Waals surface area contributed by atoms with Gasteiger partial charge in [0.1, 0.15) is 0 Å². The molecule has 0 aliphatic carbocycles. The minimum Gasteiger partial charge on any atom is -0.466 e. The van der Waals surface area contributed by atoms with Crippen LogP contribution in [0.2, 0.25) is 0 Å². The molecule has 0 aromatic rings. The Balaban J connectivity index is 3.37. The summed E-state index contributed by atoms with van der Waals surface area (Å²) in [5.74, 6) is -0.0374. The van der Waals surface area contributed by atoms with E-state index in [1.165, 1.54) is 405 Å². The second kappa shape index (κ2) is 78.8. The van der Waals surface area contributed by atoms with E-state index in [9.17, 15) is 19.8 Å². The van der Waals surface area contributed by atoms with E-state index in [0.29, 0.717) is 19.4 Å². The van der Waals surface area contributed by atoms with Crippen molar-refractivity contribution in [3.05, 3.63) is 24.3 Å². The molecule has 528 valence electrons. The van der Waals surface area contributed by atoms with Crippen molar-refractivity contribution in [2.75, 3.05) is 13.2 Å². The van der Waals surface area contributed by atoms with Crippen molar-refractivity contribution in [2.24, 2.45) is 0 Å². The fraction of sp³-hybridized carbons (Fsp3) is 0.928. The van der Waals surface area contributed by atoms with Crippen molar-refractivity contribution in [1.82, 2.24) is 5.32 Å². The number of rotatable bonds is 78. The number of allylic oxidation sites excluding steroid dienone is 3. The quantitative estimate of drug-likeness (QED) is 0.0320. The molecule has 0 bridgehead atoms. The molecule has 0 aliphatic heterocycles. The van der Waals surface area contributed by atoms with Gasteiger partial charge in [0.15, 0.2) is 0 Å². The lowest BCUT2D eigenvalue weighted by molar-refractivity contribution is -0.143. The lowest BCUT2D eigenvalue weighted by Crippen LogP contribution is -2.45. The summed E-state index contributed by atoms with van der Waals surface area (Å²) in [5.41, 5.74) is 0. The Bertz CT molecular complexity index is 1400. The summed E-state index contributed by atoms with van der Waals surface area (Å²) >= 11 is 0. The van der Waals surface area contributed by atoms with Crippen LogP contribution in [-0.2, 0) is 14.3 Å². The highest BCUT2D eigenvalue weighted by Gasteiger charge is 2.18. The van der Waals surface area contributed by atoms with Gasteiger partial charge in [-0.2, -0.15) is 0 Å². The highest BCUT2D eigenvalue weighted by molar-refractivity contribution is 5.76. The second-order valence-electron chi connectivity index (χ2n) is 28.5. The Kier molecular flexibility index (Phi) is 77.3. The molecule has 6 heteroatoms. The van der Waals surface area contributed by atoms with Crippen LogP contribution in [0.1, 0.15) is 470 Å². The minimum atomic E-state index is -0.844. The molecule has 0 saturated heterocycles. The van der Waals surface area contributed by atoms with Crippen molar-refractivity contribution in [3.8, 4) is 0 Å². The van der Waals surface area contributed by atoms with Gasteiger partial charge in [-0.3, -0.25) is 9.59 Å². The zero-order chi connectivity index (χ0) is 64.2. The predicted octanol–water partition coefficient (Wildman–Crippen LogP) is 27.2. The van der Waals surface area contributed by atoms with E-state index in [-0.39, 0.29) is 18.5 Å². The first-order valence-electron chi connectivity index (χ1n) is 41.1. The van der Waals surface area contributed by atoms with Crippen molar-refractivity contribution in [2.45, 2.75) is 482 Å². The number of aliphatic hydroxyl groups excluding tert-OH is 2. The predicted molar refractivity (Wildman–Crippen MR) is 393 cm³/mol. The molecule has 0 aromatic carbocycles. The van der Waals surface area contributed by atoms with Gasteiger partial charge in [0.05, 0.1) is 25.4 Å². The van der Waals surface area contributed by atoms with E-state index in [2.05, 4.69) is 31.3 Å². The van der Waals surface area contributed by atoms with Crippen LogP contribution < -0.4 is 5.32 Å². The first-order valence-corrected chi connectivity index (χ1v) is 41.1. The van der Waals surface area contributed by atoms with Gasteiger partial charge < -0.3 is 20.3 Å². The van der Waals surface area contributed by atoms with Crippen LogP contribution in [0.4, 0.5) is 0 Å². The van der Waals surface area contributed by atoms with Gasteiger partial charge in [-0.25, -0.2) is 0 Å². The number of nitrogens with one attached hydrogen (secondary N) is 1. The van der Waals surface area contributed by atoms with Crippen LogP contribution in [0.5, 0.6) is 0 Å². The van der Waals surface area contributed by atoms with Gasteiger partial charge in [-0.1, -0.05) is 423 Å². The third kappa shape index (κ3) is 75.3. The number of carbonyl (C=O) groups is 2. The molecular formula is C83H161NO5. The number of hydrogen-bond acceptors (Lipinski definition) is 5. The number of esters is 1. The molecule has 0 fully saturated rings. The van der Waals surface area contributed by atoms with Crippen molar-refractivity contribution >= 4 is 11.9 Å². The van der Waals surface area contributed by atoms with Gasteiger partial charge in [0.2, 0.25) is 5.91 Å². The SMILES string of the molecule is CCCCCCCCCCCCCCCCCCCCCCCCC/C=C/C(O)C(CO)NC(=O)CCCCCCCCCCCCCCCCCCC/C=C\CCCCCCCCCCCCCCOC(=O)CCCCCCCCCCCCCCCC. The summed E-state index contributed by atoms with van der Waals surface area (Å²) in [4.78, 5) is 24.6. The highest BCUT2D eigenvalue weighted by atomic mass is 16.5. The van der Waals surface area contributed by atoms with Crippen LogP contribution in [0.3, 0.4) is 0 Å². The van der Waals surface area contributed by atoms with E-state index in [4.69, 9.17) is 4.74 Å². The molecule has 0 aliphatic rings. The fourth-order valence-electron chi connectivity index (χ4n) is 13.2. The molecule has 0 aromatic heterocycles. The number of hydrogen-bond donors (Lipinski definition) is 3. The van der Waals surface area contributed by atoms with E-state index in [1.807, 2.05) is 6.08 Å². The summed E-state index contributed by atoms with van der Waals surface area (Å²) in [6.07, 6.45) is 102. The maximum Gasteiger partial charge on any atom is 0.305 e.